The molecule has 0 aliphatic heterocycles. The maximum atomic E-state index is 12.7. The number of H-pyrrole nitrogens is 1. The summed E-state index contributed by atoms with van der Waals surface area (Å²) >= 11 is 0. The average molecular weight is 350 g/mol. The van der Waals surface area contributed by atoms with Crippen LogP contribution in [0.15, 0.2) is 90.1 Å². The zero-order valence-electron chi connectivity index (χ0n) is 13.3. The van der Waals surface area contributed by atoms with Gasteiger partial charge in [0, 0.05) is 12.1 Å². The molecule has 0 radical (unpaired) electrons. The molecule has 0 saturated heterocycles. The first-order chi connectivity index (χ1) is 12.1. The third kappa shape index (κ3) is 2.88. The maximum Gasteiger partial charge on any atom is 0.263 e. The normalized spacial score (nSPS) is 11.5. The molecular formula is C19H16N3O2S+. The summed E-state index contributed by atoms with van der Waals surface area (Å²) in [6.07, 6.45) is 3.77. The lowest BCUT2D eigenvalue weighted by Crippen LogP contribution is -2.30. The Morgan fingerprint density at radius 1 is 0.800 bits per heavy atom. The number of pyridine rings is 1. The van der Waals surface area contributed by atoms with Crippen LogP contribution >= 0.6 is 0 Å². The van der Waals surface area contributed by atoms with E-state index < -0.39 is 10.0 Å². The highest BCUT2D eigenvalue weighted by atomic mass is 32.2. The van der Waals surface area contributed by atoms with E-state index in [2.05, 4.69) is 9.71 Å². The molecular weight excluding hydrogens is 334 g/mol. The van der Waals surface area contributed by atoms with Gasteiger partial charge >= 0.3 is 0 Å². The van der Waals surface area contributed by atoms with Crippen LogP contribution in [-0.4, -0.2) is 13.4 Å². The summed E-state index contributed by atoms with van der Waals surface area (Å²) < 4.78 is 30.0. The number of fused-ring (bicyclic) bond motifs is 1. The SMILES string of the molecule is O=S(=O)(Nc1[nH]c2ccccc2c1-[n+]1ccccc1)c1ccccc1. The maximum absolute atomic E-state index is 12.7. The van der Waals surface area contributed by atoms with Crippen LogP contribution < -0.4 is 9.29 Å². The van der Waals surface area contributed by atoms with Crippen LogP contribution in [0.5, 0.6) is 0 Å². The fraction of sp³-hybridized carbons (Fsp3) is 0. The van der Waals surface area contributed by atoms with Crippen LogP contribution in [0.4, 0.5) is 5.82 Å². The van der Waals surface area contributed by atoms with Gasteiger partial charge in [0.2, 0.25) is 0 Å². The van der Waals surface area contributed by atoms with Gasteiger partial charge in [-0.2, -0.15) is 4.57 Å². The highest BCUT2D eigenvalue weighted by Gasteiger charge is 2.24. The Bertz CT molecular complexity index is 1120. The quantitative estimate of drug-likeness (QED) is 0.555. The average Bonchev–Trinajstić information content (AvgIpc) is 3.00. The van der Waals surface area contributed by atoms with Gasteiger partial charge in [0.25, 0.3) is 15.7 Å². The Hall–Kier alpha value is -3.12. The zero-order valence-corrected chi connectivity index (χ0v) is 14.1. The molecule has 2 heterocycles. The van der Waals surface area contributed by atoms with Crippen molar-refractivity contribution in [3.05, 3.63) is 85.2 Å². The molecule has 124 valence electrons. The predicted molar refractivity (Wildman–Crippen MR) is 97.1 cm³/mol. The molecule has 4 rings (SSSR count). The summed E-state index contributed by atoms with van der Waals surface area (Å²) in [6.45, 7) is 0. The number of nitrogens with one attached hydrogen (secondary N) is 2. The lowest BCUT2D eigenvalue weighted by atomic mass is 10.2. The minimum atomic E-state index is -3.69. The van der Waals surface area contributed by atoms with E-state index >= 15 is 0 Å². The second kappa shape index (κ2) is 6.07. The van der Waals surface area contributed by atoms with Gasteiger partial charge in [-0.15, -0.1) is 0 Å². The molecule has 0 unspecified atom stereocenters. The Balaban J connectivity index is 1.88. The van der Waals surface area contributed by atoms with E-state index in [9.17, 15) is 8.42 Å². The molecule has 0 bridgehead atoms. The fourth-order valence-corrected chi connectivity index (χ4v) is 3.86. The zero-order chi connectivity index (χ0) is 17.3. The molecule has 0 aliphatic rings. The third-order valence-electron chi connectivity index (χ3n) is 3.94. The van der Waals surface area contributed by atoms with Crippen molar-refractivity contribution >= 4 is 26.7 Å². The van der Waals surface area contributed by atoms with Crippen molar-refractivity contribution in [2.45, 2.75) is 4.90 Å². The van der Waals surface area contributed by atoms with Gasteiger partial charge in [-0.1, -0.05) is 36.4 Å². The van der Waals surface area contributed by atoms with E-state index in [1.807, 2.05) is 59.4 Å². The van der Waals surface area contributed by atoms with Crippen molar-refractivity contribution in [2.75, 3.05) is 4.72 Å². The first kappa shape index (κ1) is 15.4. The molecule has 2 aromatic heterocycles. The van der Waals surface area contributed by atoms with Gasteiger partial charge in [-0.3, -0.25) is 4.72 Å². The van der Waals surface area contributed by atoms with E-state index in [1.165, 1.54) is 0 Å². The van der Waals surface area contributed by atoms with Gasteiger partial charge in [-0.05, 0) is 24.3 Å². The van der Waals surface area contributed by atoms with Crippen LogP contribution in [0.1, 0.15) is 0 Å². The van der Waals surface area contributed by atoms with E-state index in [0.29, 0.717) is 5.82 Å². The molecule has 0 spiro atoms. The topological polar surface area (TPSA) is 65.8 Å². The number of hydrogen-bond acceptors (Lipinski definition) is 2. The highest BCUT2D eigenvalue weighted by molar-refractivity contribution is 7.92. The fourth-order valence-electron chi connectivity index (χ4n) is 2.81. The number of benzene rings is 2. The van der Waals surface area contributed by atoms with Gasteiger partial charge in [0.15, 0.2) is 18.2 Å². The van der Waals surface area contributed by atoms with Crippen LogP contribution in [0.25, 0.3) is 16.6 Å². The number of rotatable bonds is 4. The number of sulfonamides is 1. The van der Waals surface area contributed by atoms with Gasteiger partial charge in [0.05, 0.1) is 15.8 Å². The summed E-state index contributed by atoms with van der Waals surface area (Å²) in [6, 6.07) is 21.8. The molecule has 0 amide bonds. The van der Waals surface area contributed by atoms with Gasteiger partial charge in [-0.25, -0.2) is 8.42 Å². The minimum absolute atomic E-state index is 0.220. The lowest BCUT2D eigenvalue weighted by molar-refractivity contribution is -0.593. The summed E-state index contributed by atoms with van der Waals surface area (Å²) in [5, 5.41) is 0.935. The monoisotopic (exact) mass is 350 g/mol. The van der Waals surface area contributed by atoms with E-state index in [0.717, 1.165) is 16.6 Å². The number of aromatic amines is 1. The summed E-state index contributed by atoms with van der Waals surface area (Å²) in [4.78, 5) is 3.40. The van der Waals surface area contributed by atoms with Crippen LogP contribution in [-0.2, 0) is 10.0 Å². The number of para-hydroxylation sites is 1. The van der Waals surface area contributed by atoms with E-state index in [-0.39, 0.29) is 4.90 Å². The largest absolute Gasteiger partial charge is 0.335 e. The van der Waals surface area contributed by atoms with Gasteiger partial charge < -0.3 is 4.98 Å². The Kier molecular flexibility index (Phi) is 3.74. The van der Waals surface area contributed by atoms with Crippen molar-refractivity contribution in [1.82, 2.24) is 4.98 Å². The number of anilines is 1. The summed E-state index contributed by atoms with van der Waals surface area (Å²) in [5.74, 6) is 0.432. The summed E-state index contributed by atoms with van der Waals surface area (Å²) in [7, 11) is -3.69. The van der Waals surface area contributed by atoms with Crippen molar-refractivity contribution < 1.29 is 13.0 Å². The first-order valence-corrected chi connectivity index (χ1v) is 9.29. The molecule has 5 nitrogen and oxygen atoms in total. The minimum Gasteiger partial charge on any atom is -0.335 e. The molecule has 0 saturated carbocycles. The smallest absolute Gasteiger partial charge is 0.263 e. The molecule has 0 atom stereocenters. The molecule has 6 heteroatoms. The van der Waals surface area contributed by atoms with Crippen molar-refractivity contribution in [2.24, 2.45) is 0 Å². The first-order valence-electron chi connectivity index (χ1n) is 7.80. The third-order valence-corrected chi connectivity index (χ3v) is 5.31. The number of nitrogens with zero attached hydrogens (tertiary/aromatic N) is 1. The van der Waals surface area contributed by atoms with Crippen LogP contribution in [0, 0.1) is 0 Å². The molecule has 25 heavy (non-hydrogen) atoms. The Morgan fingerprint density at radius 3 is 2.20 bits per heavy atom. The summed E-state index contributed by atoms with van der Waals surface area (Å²) in [5.41, 5.74) is 1.62. The highest BCUT2D eigenvalue weighted by Crippen LogP contribution is 2.28. The molecule has 4 aromatic rings. The number of hydrogen-bond donors (Lipinski definition) is 2. The predicted octanol–water partition coefficient (Wildman–Crippen LogP) is 3.25. The molecule has 2 aromatic carbocycles. The number of aromatic nitrogens is 2. The molecule has 0 aliphatic carbocycles. The lowest BCUT2D eigenvalue weighted by Gasteiger charge is -2.06. The standard InChI is InChI=1S/C19H16N3O2S/c23-25(24,15-9-3-1-4-10-15)21-19-18(22-13-7-2-8-14-22)16-11-5-6-12-17(16)20-19/h1-14,20-21H/q+1. The second-order valence-corrected chi connectivity index (χ2v) is 7.28. The van der Waals surface area contributed by atoms with E-state index in [4.69, 9.17) is 0 Å². The molecule has 0 fully saturated rings. The van der Waals surface area contributed by atoms with Crippen molar-refractivity contribution in [3.8, 4) is 5.69 Å². The Morgan fingerprint density at radius 2 is 1.44 bits per heavy atom. The second-order valence-electron chi connectivity index (χ2n) is 5.60. The van der Waals surface area contributed by atoms with Crippen molar-refractivity contribution in [3.63, 3.8) is 0 Å². The van der Waals surface area contributed by atoms with Gasteiger partial charge in [0.1, 0.15) is 0 Å². The molecule has 2 N–H and O–H groups in total. The van der Waals surface area contributed by atoms with E-state index in [1.54, 1.807) is 30.3 Å². The van der Waals surface area contributed by atoms with Crippen molar-refractivity contribution in [1.29, 1.82) is 0 Å². The Labute approximate surface area is 145 Å². The van der Waals surface area contributed by atoms with Crippen LogP contribution in [0.2, 0.25) is 0 Å². The van der Waals surface area contributed by atoms with Crippen LogP contribution in [0.3, 0.4) is 0 Å².